The Morgan fingerprint density at radius 2 is 2.20 bits per heavy atom. The first-order valence-corrected chi connectivity index (χ1v) is 7.04. The number of nitrogens with two attached hydrogens (primary N) is 1. The van der Waals surface area contributed by atoms with E-state index in [2.05, 4.69) is 29.1 Å². The minimum atomic E-state index is 0.0185. The Bertz CT molecular complexity index is 489. The van der Waals surface area contributed by atoms with Crippen molar-refractivity contribution >= 4 is 17.3 Å². The molecule has 1 fully saturated rings. The molecule has 0 aromatic heterocycles. The quantitative estimate of drug-likeness (QED) is 0.813. The molecule has 1 unspecified atom stereocenters. The fourth-order valence-electron chi connectivity index (χ4n) is 2.39. The Hall–Kier alpha value is -1.59. The minimum Gasteiger partial charge on any atom is -0.398 e. The van der Waals surface area contributed by atoms with Crippen molar-refractivity contribution in [1.82, 2.24) is 9.80 Å². The molecule has 1 aliphatic heterocycles. The summed E-state index contributed by atoms with van der Waals surface area (Å²) in [5.41, 5.74) is 8.34. The van der Waals surface area contributed by atoms with Gasteiger partial charge in [-0.3, -0.25) is 9.69 Å². The maximum Gasteiger partial charge on any atom is 0.238 e. The van der Waals surface area contributed by atoms with Crippen molar-refractivity contribution < 1.29 is 4.79 Å². The zero-order valence-electron chi connectivity index (χ0n) is 12.5. The highest BCUT2D eigenvalue weighted by Crippen LogP contribution is 2.17. The third kappa shape index (κ3) is 3.71. The summed E-state index contributed by atoms with van der Waals surface area (Å²) < 4.78 is 0. The molecule has 0 aliphatic carbocycles. The summed E-state index contributed by atoms with van der Waals surface area (Å²) in [6.07, 6.45) is 0. The van der Waals surface area contributed by atoms with E-state index in [-0.39, 0.29) is 5.91 Å². The molecule has 1 aliphatic rings. The van der Waals surface area contributed by atoms with Crippen LogP contribution in [0.5, 0.6) is 0 Å². The summed E-state index contributed by atoms with van der Waals surface area (Å²) in [6, 6.07) is 6.10. The van der Waals surface area contributed by atoms with Gasteiger partial charge in [0.05, 0.1) is 6.54 Å². The molecule has 0 saturated carbocycles. The van der Waals surface area contributed by atoms with E-state index < -0.39 is 0 Å². The minimum absolute atomic E-state index is 0.0185. The molecule has 5 nitrogen and oxygen atoms in total. The largest absolute Gasteiger partial charge is 0.398 e. The van der Waals surface area contributed by atoms with Crippen molar-refractivity contribution in [2.24, 2.45) is 0 Å². The molecular formula is C15H24N4O. The van der Waals surface area contributed by atoms with Crippen molar-refractivity contribution in [2.75, 3.05) is 44.3 Å². The maximum atomic E-state index is 12.1. The van der Waals surface area contributed by atoms with Crippen molar-refractivity contribution in [3.8, 4) is 0 Å². The number of benzene rings is 1. The van der Waals surface area contributed by atoms with Crippen molar-refractivity contribution in [2.45, 2.75) is 19.9 Å². The molecule has 0 spiro atoms. The number of anilines is 2. The molecule has 1 aromatic rings. The highest BCUT2D eigenvalue weighted by Gasteiger charge is 2.22. The molecule has 2 rings (SSSR count). The van der Waals surface area contributed by atoms with E-state index in [1.165, 1.54) is 0 Å². The van der Waals surface area contributed by atoms with Crippen molar-refractivity contribution in [1.29, 1.82) is 0 Å². The van der Waals surface area contributed by atoms with E-state index in [9.17, 15) is 4.79 Å². The lowest BCUT2D eigenvalue weighted by Crippen LogP contribution is -2.51. The fraction of sp³-hybridized carbons (Fsp3) is 0.533. The van der Waals surface area contributed by atoms with E-state index in [4.69, 9.17) is 5.73 Å². The van der Waals surface area contributed by atoms with Crippen molar-refractivity contribution in [3.05, 3.63) is 23.8 Å². The Morgan fingerprint density at radius 1 is 1.45 bits per heavy atom. The standard InChI is InChI=1S/C15H24N4O/c1-11-4-5-13(8-14(11)16)17-15(20)10-19-7-6-18(3)12(2)9-19/h4-5,8,12H,6-7,9-10,16H2,1-3H3,(H,17,20). The van der Waals surface area contributed by atoms with Crippen LogP contribution in [-0.4, -0.2) is 55.0 Å². The lowest BCUT2D eigenvalue weighted by molar-refractivity contribution is -0.117. The Labute approximate surface area is 120 Å². The first-order chi connectivity index (χ1) is 9.45. The number of amides is 1. The van der Waals surface area contributed by atoms with E-state index in [1.54, 1.807) is 6.07 Å². The van der Waals surface area contributed by atoms with Crippen LogP contribution in [0.15, 0.2) is 18.2 Å². The van der Waals surface area contributed by atoms with Crippen LogP contribution in [0.1, 0.15) is 12.5 Å². The molecule has 1 aromatic carbocycles. The predicted molar refractivity (Wildman–Crippen MR) is 82.8 cm³/mol. The SMILES string of the molecule is Cc1ccc(NC(=O)CN2CCN(C)C(C)C2)cc1N. The van der Waals surface area contributed by atoms with Gasteiger partial charge in [-0.2, -0.15) is 0 Å². The first-order valence-electron chi connectivity index (χ1n) is 7.04. The third-order valence-electron chi connectivity index (χ3n) is 3.97. The van der Waals surface area contributed by atoms with Gasteiger partial charge in [0.1, 0.15) is 0 Å². The van der Waals surface area contributed by atoms with Gasteiger partial charge >= 0.3 is 0 Å². The topological polar surface area (TPSA) is 61.6 Å². The molecular weight excluding hydrogens is 252 g/mol. The molecule has 0 bridgehead atoms. The van der Waals surface area contributed by atoms with Crippen LogP contribution < -0.4 is 11.1 Å². The van der Waals surface area contributed by atoms with E-state index >= 15 is 0 Å². The maximum absolute atomic E-state index is 12.1. The lowest BCUT2D eigenvalue weighted by Gasteiger charge is -2.37. The van der Waals surface area contributed by atoms with Crippen molar-refractivity contribution in [3.63, 3.8) is 0 Å². The van der Waals surface area contributed by atoms with Gasteiger partial charge in [-0.15, -0.1) is 0 Å². The molecule has 1 atom stereocenters. The number of piperazine rings is 1. The molecule has 1 amide bonds. The number of nitrogens with one attached hydrogen (secondary N) is 1. The third-order valence-corrected chi connectivity index (χ3v) is 3.97. The summed E-state index contributed by atoms with van der Waals surface area (Å²) in [5, 5.41) is 2.91. The van der Waals surface area contributed by atoms with Crippen LogP contribution in [0.2, 0.25) is 0 Å². The number of likely N-dealkylation sites (N-methyl/N-ethyl adjacent to an activating group) is 1. The average molecular weight is 276 g/mol. The lowest BCUT2D eigenvalue weighted by atomic mass is 10.2. The number of aryl methyl sites for hydroxylation is 1. The van der Waals surface area contributed by atoms with Crippen LogP contribution in [0.25, 0.3) is 0 Å². The average Bonchev–Trinajstić information content (AvgIpc) is 2.38. The van der Waals surface area contributed by atoms with Gasteiger partial charge in [0.25, 0.3) is 0 Å². The van der Waals surface area contributed by atoms with Crippen LogP contribution >= 0.6 is 0 Å². The Morgan fingerprint density at radius 3 is 2.85 bits per heavy atom. The zero-order chi connectivity index (χ0) is 14.7. The number of hydrogen-bond acceptors (Lipinski definition) is 4. The molecule has 5 heteroatoms. The van der Waals surface area contributed by atoms with Crippen LogP contribution in [0, 0.1) is 6.92 Å². The number of carbonyl (C=O) groups excluding carboxylic acids is 1. The van der Waals surface area contributed by atoms with Gasteiger partial charge in [0.2, 0.25) is 5.91 Å². The second-order valence-electron chi connectivity index (χ2n) is 5.68. The predicted octanol–water partition coefficient (Wildman–Crippen LogP) is 1.15. The number of nitrogens with zero attached hydrogens (tertiary/aromatic N) is 2. The monoisotopic (exact) mass is 276 g/mol. The Kier molecular flexibility index (Phi) is 4.62. The second kappa shape index (κ2) is 6.24. The van der Waals surface area contributed by atoms with Gasteiger partial charge in [0.15, 0.2) is 0 Å². The van der Waals surface area contributed by atoms with Crippen LogP contribution in [0.4, 0.5) is 11.4 Å². The summed E-state index contributed by atoms with van der Waals surface area (Å²) in [6.45, 7) is 7.44. The molecule has 110 valence electrons. The highest BCUT2D eigenvalue weighted by atomic mass is 16.2. The number of nitrogen functional groups attached to an aromatic ring is 1. The van der Waals surface area contributed by atoms with Crippen LogP contribution in [-0.2, 0) is 4.79 Å². The van der Waals surface area contributed by atoms with Gasteiger partial charge in [-0.05, 0) is 38.6 Å². The summed E-state index contributed by atoms with van der Waals surface area (Å²) in [7, 11) is 2.12. The summed E-state index contributed by atoms with van der Waals surface area (Å²) >= 11 is 0. The van der Waals surface area contributed by atoms with E-state index in [1.807, 2.05) is 19.1 Å². The van der Waals surface area contributed by atoms with Crippen LogP contribution in [0.3, 0.4) is 0 Å². The smallest absolute Gasteiger partial charge is 0.238 e. The normalized spacial score (nSPS) is 20.9. The number of hydrogen-bond donors (Lipinski definition) is 2. The number of carbonyl (C=O) groups is 1. The highest BCUT2D eigenvalue weighted by molar-refractivity contribution is 5.92. The molecule has 3 N–H and O–H groups in total. The van der Waals surface area contributed by atoms with Gasteiger partial charge in [-0.25, -0.2) is 0 Å². The molecule has 0 radical (unpaired) electrons. The Balaban J connectivity index is 1.87. The fourth-order valence-corrected chi connectivity index (χ4v) is 2.39. The van der Waals surface area contributed by atoms with Gasteiger partial charge in [-0.1, -0.05) is 6.07 Å². The first kappa shape index (κ1) is 14.8. The molecule has 1 heterocycles. The zero-order valence-corrected chi connectivity index (χ0v) is 12.5. The summed E-state index contributed by atoms with van der Waals surface area (Å²) in [4.78, 5) is 16.6. The second-order valence-corrected chi connectivity index (χ2v) is 5.68. The molecule has 1 saturated heterocycles. The van der Waals surface area contributed by atoms with E-state index in [0.29, 0.717) is 18.3 Å². The van der Waals surface area contributed by atoms with Gasteiger partial charge in [0, 0.05) is 37.1 Å². The summed E-state index contributed by atoms with van der Waals surface area (Å²) in [5.74, 6) is 0.0185. The van der Waals surface area contributed by atoms with Gasteiger partial charge < -0.3 is 16.0 Å². The number of rotatable bonds is 3. The molecule has 20 heavy (non-hydrogen) atoms. The van der Waals surface area contributed by atoms with E-state index in [0.717, 1.165) is 30.9 Å².